The maximum absolute atomic E-state index is 13.0. The number of oxazole rings is 1. The van der Waals surface area contributed by atoms with Crippen LogP contribution in [-0.2, 0) is 11.3 Å². The van der Waals surface area contributed by atoms with Crippen molar-refractivity contribution in [1.29, 1.82) is 0 Å². The average Bonchev–Trinajstić information content (AvgIpc) is 3.40. The van der Waals surface area contributed by atoms with Crippen molar-refractivity contribution in [3.63, 3.8) is 0 Å². The van der Waals surface area contributed by atoms with Gasteiger partial charge in [0.15, 0.2) is 5.58 Å². The Hall–Kier alpha value is -2.45. The Labute approximate surface area is 180 Å². The molecule has 2 aliphatic rings. The third-order valence-electron chi connectivity index (χ3n) is 6.13. The lowest BCUT2D eigenvalue weighted by Gasteiger charge is -2.38. The molecule has 0 spiro atoms. The van der Waals surface area contributed by atoms with Gasteiger partial charge >= 0.3 is 0 Å². The number of aromatic nitrogens is 2. The van der Waals surface area contributed by atoms with Crippen molar-refractivity contribution >= 4 is 34.4 Å². The molecule has 7 nitrogen and oxygen atoms in total. The van der Waals surface area contributed by atoms with Crippen LogP contribution in [0.25, 0.3) is 11.1 Å². The topological polar surface area (TPSA) is 65.7 Å². The average molecular weight is 426 g/mol. The van der Waals surface area contributed by atoms with Crippen LogP contribution in [0.15, 0.2) is 34.1 Å². The molecule has 3 aromatic rings. The molecule has 1 aromatic carbocycles. The van der Waals surface area contributed by atoms with E-state index in [4.69, 9.17) is 4.42 Å². The predicted molar refractivity (Wildman–Crippen MR) is 118 cm³/mol. The van der Waals surface area contributed by atoms with Gasteiger partial charge in [-0.3, -0.25) is 9.69 Å². The van der Waals surface area contributed by atoms with E-state index >= 15 is 0 Å². The molecular formula is C22H27N5O2S. The number of benzene rings is 1. The molecule has 2 saturated heterocycles. The summed E-state index contributed by atoms with van der Waals surface area (Å²) in [5, 5.41) is 3.25. The quantitative estimate of drug-likeness (QED) is 0.640. The van der Waals surface area contributed by atoms with Gasteiger partial charge in [0.25, 0.3) is 6.01 Å². The van der Waals surface area contributed by atoms with Crippen LogP contribution in [0.1, 0.15) is 23.5 Å². The van der Waals surface area contributed by atoms with Crippen LogP contribution in [0.3, 0.4) is 0 Å². The Balaban J connectivity index is 1.12. The minimum Gasteiger partial charge on any atom is -0.423 e. The van der Waals surface area contributed by atoms with Crippen molar-refractivity contribution in [2.75, 3.05) is 44.2 Å². The van der Waals surface area contributed by atoms with Gasteiger partial charge in [0.1, 0.15) is 5.52 Å². The van der Waals surface area contributed by atoms with Crippen LogP contribution in [0.4, 0.5) is 6.01 Å². The van der Waals surface area contributed by atoms with Gasteiger partial charge in [0.2, 0.25) is 5.91 Å². The summed E-state index contributed by atoms with van der Waals surface area (Å²) in [6, 6.07) is 8.51. The van der Waals surface area contributed by atoms with Crippen molar-refractivity contribution < 1.29 is 9.21 Å². The fourth-order valence-corrected chi connectivity index (χ4v) is 5.01. The zero-order valence-corrected chi connectivity index (χ0v) is 18.1. The summed E-state index contributed by atoms with van der Waals surface area (Å²) < 4.78 is 5.89. The van der Waals surface area contributed by atoms with E-state index in [0.717, 1.165) is 80.5 Å². The first-order chi connectivity index (χ1) is 14.7. The summed E-state index contributed by atoms with van der Waals surface area (Å²) in [4.78, 5) is 28.8. The minimum atomic E-state index is 0.110. The third-order valence-corrected chi connectivity index (χ3v) is 6.96. The Kier molecular flexibility index (Phi) is 5.43. The van der Waals surface area contributed by atoms with E-state index in [-0.39, 0.29) is 5.92 Å². The van der Waals surface area contributed by atoms with Crippen molar-refractivity contribution in [3.05, 3.63) is 40.3 Å². The predicted octanol–water partition coefficient (Wildman–Crippen LogP) is 3.15. The molecule has 0 aliphatic carbocycles. The molecule has 1 amide bonds. The Morgan fingerprint density at radius 3 is 2.57 bits per heavy atom. The van der Waals surface area contributed by atoms with Crippen molar-refractivity contribution in [2.24, 2.45) is 5.92 Å². The van der Waals surface area contributed by atoms with Crippen molar-refractivity contribution in [3.8, 4) is 0 Å². The van der Waals surface area contributed by atoms with E-state index in [2.05, 4.69) is 30.0 Å². The number of carbonyl (C=O) groups excluding carboxylic acids is 1. The SMILES string of the molecule is Cc1nc(CN2CCN(C(=O)C3CCN(c4nc5ccccc5o4)CC3)CC2)cs1. The molecule has 158 valence electrons. The fourth-order valence-electron chi connectivity index (χ4n) is 4.41. The number of para-hydroxylation sites is 2. The monoisotopic (exact) mass is 425 g/mol. The lowest BCUT2D eigenvalue weighted by Crippen LogP contribution is -2.51. The highest BCUT2D eigenvalue weighted by Crippen LogP contribution is 2.27. The van der Waals surface area contributed by atoms with Gasteiger partial charge in [0.05, 0.1) is 10.7 Å². The number of anilines is 1. The molecule has 4 heterocycles. The number of amides is 1. The highest BCUT2D eigenvalue weighted by molar-refractivity contribution is 7.09. The third kappa shape index (κ3) is 4.06. The maximum Gasteiger partial charge on any atom is 0.298 e. The number of piperazine rings is 1. The number of fused-ring (bicyclic) bond motifs is 1. The molecule has 2 aliphatic heterocycles. The molecular weight excluding hydrogens is 398 g/mol. The lowest BCUT2D eigenvalue weighted by atomic mass is 9.95. The molecule has 0 bridgehead atoms. The van der Waals surface area contributed by atoms with E-state index in [0.29, 0.717) is 11.9 Å². The number of rotatable bonds is 4. The molecule has 0 radical (unpaired) electrons. The van der Waals surface area contributed by atoms with E-state index < -0.39 is 0 Å². The standard InChI is InChI=1S/C22H27N5O2S/c1-16-23-18(15-30-16)14-25-10-12-26(13-11-25)21(28)17-6-8-27(9-7-17)22-24-19-4-2-3-5-20(19)29-22/h2-5,15,17H,6-14H2,1H3. The second-order valence-corrected chi connectivity index (χ2v) is 9.25. The summed E-state index contributed by atoms with van der Waals surface area (Å²) in [5.74, 6) is 0.426. The first kappa shape index (κ1) is 19.5. The molecule has 2 fully saturated rings. The maximum atomic E-state index is 13.0. The number of aryl methyl sites for hydroxylation is 1. The van der Waals surface area contributed by atoms with Crippen LogP contribution in [0.5, 0.6) is 0 Å². The van der Waals surface area contributed by atoms with Gasteiger partial charge < -0.3 is 14.2 Å². The minimum absolute atomic E-state index is 0.110. The summed E-state index contributed by atoms with van der Waals surface area (Å²) >= 11 is 1.70. The number of nitrogens with zero attached hydrogens (tertiary/aromatic N) is 5. The molecule has 0 unspecified atom stereocenters. The summed E-state index contributed by atoms with van der Waals surface area (Å²) in [5.41, 5.74) is 2.84. The zero-order valence-electron chi connectivity index (χ0n) is 17.3. The lowest BCUT2D eigenvalue weighted by molar-refractivity contribution is -0.138. The van der Waals surface area contributed by atoms with E-state index in [1.165, 1.54) is 0 Å². The van der Waals surface area contributed by atoms with Gasteiger partial charge in [-0.2, -0.15) is 4.98 Å². The van der Waals surface area contributed by atoms with Crippen LogP contribution in [0.2, 0.25) is 0 Å². The largest absolute Gasteiger partial charge is 0.423 e. The van der Waals surface area contributed by atoms with E-state index in [1.807, 2.05) is 31.2 Å². The summed E-state index contributed by atoms with van der Waals surface area (Å²) in [7, 11) is 0. The highest BCUT2D eigenvalue weighted by Gasteiger charge is 2.31. The molecule has 0 saturated carbocycles. The Morgan fingerprint density at radius 1 is 1.10 bits per heavy atom. The van der Waals surface area contributed by atoms with Gasteiger partial charge in [-0.15, -0.1) is 11.3 Å². The molecule has 2 aromatic heterocycles. The van der Waals surface area contributed by atoms with Crippen LogP contribution >= 0.6 is 11.3 Å². The van der Waals surface area contributed by atoms with Crippen molar-refractivity contribution in [2.45, 2.75) is 26.3 Å². The first-order valence-corrected chi connectivity index (χ1v) is 11.6. The normalized spacial score (nSPS) is 19.0. The number of hydrogen-bond acceptors (Lipinski definition) is 7. The molecule has 0 atom stereocenters. The summed E-state index contributed by atoms with van der Waals surface area (Å²) in [6.45, 7) is 8.02. The smallest absolute Gasteiger partial charge is 0.298 e. The number of piperidine rings is 1. The molecule has 5 rings (SSSR count). The second kappa shape index (κ2) is 8.35. The highest BCUT2D eigenvalue weighted by atomic mass is 32.1. The van der Waals surface area contributed by atoms with E-state index in [9.17, 15) is 4.79 Å². The molecule has 8 heteroatoms. The number of hydrogen-bond donors (Lipinski definition) is 0. The van der Waals surface area contributed by atoms with E-state index in [1.54, 1.807) is 11.3 Å². The summed E-state index contributed by atoms with van der Waals surface area (Å²) in [6.07, 6.45) is 1.71. The second-order valence-electron chi connectivity index (χ2n) is 8.18. The Bertz CT molecular complexity index is 982. The van der Waals surface area contributed by atoms with Gasteiger partial charge in [-0.25, -0.2) is 4.98 Å². The molecule has 30 heavy (non-hydrogen) atoms. The first-order valence-electron chi connectivity index (χ1n) is 10.7. The Morgan fingerprint density at radius 2 is 1.87 bits per heavy atom. The van der Waals surface area contributed by atoms with Crippen LogP contribution in [0, 0.1) is 12.8 Å². The fraction of sp³-hybridized carbons (Fsp3) is 0.500. The van der Waals surface area contributed by atoms with Gasteiger partial charge in [-0.1, -0.05) is 12.1 Å². The van der Waals surface area contributed by atoms with Gasteiger partial charge in [-0.05, 0) is 31.9 Å². The van der Waals surface area contributed by atoms with Crippen LogP contribution in [-0.4, -0.2) is 64.9 Å². The number of thiazole rings is 1. The van der Waals surface area contributed by atoms with Gasteiger partial charge in [0, 0.05) is 57.1 Å². The van der Waals surface area contributed by atoms with Crippen molar-refractivity contribution in [1.82, 2.24) is 19.8 Å². The zero-order chi connectivity index (χ0) is 20.5. The van der Waals surface area contributed by atoms with Crippen LogP contribution < -0.4 is 4.90 Å². The molecule has 0 N–H and O–H groups in total. The number of carbonyl (C=O) groups is 1.